The second kappa shape index (κ2) is 6.71. The van der Waals surface area contributed by atoms with Gasteiger partial charge in [-0.15, -0.1) is 0 Å². The second-order valence-corrected chi connectivity index (χ2v) is 5.92. The van der Waals surface area contributed by atoms with E-state index < -0.39 is 41.7 Å². The number of amides is 1. The number of carbonyl (C=O) groups excluding carboxylic acids is 1. The van der Waals surface area contributed by atoms with Gasteiger partial charge >= 0.3 is 0 Å². The zero-order valence-electron chi connectivity index (χ0n) is 18.2. The van der Waals surface area contributed by atoms with Crippen LogP contribution in [0.4, 0.5) is 8.78 Å². The number of rotatable bonds is 6. The molecule has 0 aliphatic heterocycles. The number of hydrogen-bond acceptors (Lipinski definition) is 1. The maximum atomic E-state index is 14.4. The van der Waals surface area contributed by atoms with Gasteiger partial charge < -0.3 is 5.32 Å². The number of benzene rings is 2. The summed E-state index contributed by atoms with van der Waals surface area (Å²) >= 11 is 0. The molecule has 0 radical (unpaired) electrons. The molecule has 1 aliphatic carbocycles. The number of carbonyl (C=O) groups is 1. The van der Waals surface area contributed by atoms with Crippen molar-refractivity contribution in [1.82, 2.24) is 5.32 Å². The predicted octanol–water partition coefficient (Wildman–Crippen LogP) is 4.03. The van der Waals surface area contributed by atoms with Crippen LogP contribution in [0.5, 0.6) is 0 Å². The number of nitrogens with one attached hydrogen (secondary N) is 1. The number of hydrogen-bond donors (Lipinski definition) is 1. The molecule has 1 amide bonds. The Morgan fingerprint density at radius 1 is 1.12 bits per heavy atom. The highest BCUT2D eigenvalue weighted by Gasteiger charge is 2.46. The lowest BCUT2D eigenvalue weighted by Gasteiger charge is -2.36. The average Bonchev–Trinajstić information content (AvgIpc) is 2.96. The van der Waals surface area contributed by atoms with Crippen LogP contribution >= 0.6 is 0 Å². The van der Waals surface area contributed by atoms with Gasteiger partial charge in [-0.3, -0.25) is 4.79 Å². The molecule has 24 heavy (non-hydrogen) atoms. The van der Waals surface area contributed by atoms with Crippen molar-refractivity contribution in [2.75, 3.05) is 0 Å². The monoisotopic (exact) mass is 334 g/mol. The quantitative estimate of drug-likeness (QED) is 0.849. The lowest BCUT2D eigenvalue weighted by atomic mass is 9.80. The van der Waals surface area contributed by atoms with Crippen molar-refractivity contribution < 1.29 is 20.4 Å². The molecule has 1 saturated carbocycles. The van der Waals surface area contributed by atoms with Crippen LogP contribution in [0.15, 0.2) is 48.5 Å². The summed E-state index contributed by atoms with van der Waals surface area (Å²) in [7, 11) is 0. The highest BCUT2D eigenvalue weighted by Crippen LogP contribution is 2.44. The van der Waals surface area contributed by atoms with Gasteiger partial charge in [-0.1, -0.05) is 36.4 Å². The molecule has 0 atom stereocenters. The van der Waals surface area contributed by atoms with Gasteiger partial charge in [0.1, 0.15) is 11.6 Å². The molecule has 2 aromatic carbocycles. The van der Waals surface area contributed by atoms with E-state index in [1.165, 1.54) is 36.4 Å². The van der Waals surface area contributed by atoms with E-state index >= 15 is 0 Å². The van der Waals surface area contributed by atoms with Crippen molar-refractivity contribution >= 4 is 5.91 Å². The van der Waals surface area contributed by atoms with Gasteiger partial charge in [-0.25, -0.2) is 8.78 Å². The van der Waals surface area contributed by atoms with Gasteiger partial charge in [0.25, 0.3) is 0 Å². The van der Waals surface area contributed by atoms with Crippen LogP contribution in [0, 0.1) is 17.5 Å². The van der Waals surface area contributed by atoms with E-state index in [1.807, 2.05) is 0 Å². The highest BCUT2D eigenvalue weighted by atomic mass is 19.1. The number of halogens is 2. The van der Waals surface area contributed by atoms with E-state index in [-0.39, 0.29) is 24.0 Å². The van der Waals surface area contributed by atoms with E-state index in [1.54, 1.807) is 12.1 Å². The Balaban J connectivity index is 2.21. The van der Waals surface area contributed by atoms with Crippen molar-refractivity contribution in [3.63, 3.8) is 0 Å². The molecule has 126 valence electrons. The maximum Gasteiger partial charge on any atom is 0.217 e. The summed E-state index contributed by atoms with van der Waals surface area (Å²) in [5.41, 5.74) is -1.79. The first-order valence-corrected chi connectivity index (χ1v) is 7.65. The molecular weight excluding hydrogens is 308 g/mol. The molecule has 2 aromatic rings. The first-order chi connectivity index (χ1) is 13.4. The lowest BCUT2D eigenvalue weighted by Crippen LogP contribution is -2.53. The van der Waals surface area contributed by atoms with E-state index in [0.29, 0.717) is 0 Å². The molecule has 0 heterocycles. The van der Waals surface area contributed by atoms with Crippen LogP contribution in [-0.2, 0) is 17.6 Å². The topological polar surface area (TPSA) is 29.1 Å². The highest BCUT2D eigenvalue weighted by molar-refractivity contribution is 5.74. The fourth-order valence-electron chi connectivity index (χ4n) is 2.93. The van der Waals surface area contributed by atoms with Crippen LogP contribution in [-0.4, -0.2) is 11.4 Å². The summed E-state index contributed by atoms with van der Waals surface area (Å²) in [4.78, 5) is 12.1. The summed E-state index contributed by atoms with van der Waals surface area (Å²) in [6.45, 7) is 1.15. The van der Waals surface area contributed by atoms with Crippen molar-refractivity contribution in [3.8, 4) is 0 Å². The molecule has 0 aromatic heterocycles. The molecule has 3 rings (SSSR count). The fraction of sp³-hybridized carbons (Fsp3) is 0.350. The smallest absolute Gasteiger partial charge is 0.217 e. The Bertz CT molecular complexity index is 888. The Kier molecular flexibility index (Phi) is 3.17. The summed E-state index contributed by atoms with van der Waals surface area (Å²) in [5.74, 6) is -4.39. The van der Waals surface area contributed by atoms with Gasteiger partial charge in [0.2, 0.25) is 5.91 Å². The minimum atomic E-state index is -2.64. The first kappa shape index (κ1) is 11.3. The van der Waals surface area contributed by atoms with Gasteiger partial charge in [0.15, 0.2) is 0 Å². The Morgan fingerprint density at radius 3 is 1.96 bits per heavy atom. The van der Waals surface area contributed by atoms with Crippen LogP contribution in [0.25, 0.3) is 0 Å². The lowest BCUT2D eigenvalue weighted by molar-refractivity contribution is -0.121. The molecule has 1 N–H and O–H groups in total. The first-order valence-electron chi connectivity index (χ1n) is 10.2. The van der Waals surface area contributed by atoms with E-state index in [4.69, 9.17) is 6.85 Å². The van der Waals surface area contributed by atoms with Crippen LogP contribution < -0.4 is 5.32 Å². The van der Waals surface area contributed by atoms with Crippen LogP contribution in [0.1, 0.15) is 37.7 Å². The SMILES string of the molecule is [2H]C1([2H])C([2H])([2H])C1([2H])C(Cc1ccccc1F)(Cc1ccccc1F)NC(C)=O. The van der Waals surface area contributed by atoms with Gasteiger partial charge in [0, 0.05) is 13.8 Å². The Labute approximate surface area is 147 Å². The molecule has 1 aliphatic rings. The van der Waals surface area contributed by atoms with Crippen molar-refractivity contribution in [2.45, 2.75) is 38.1 Å². The van der Waals surface area contributed by atoms with Crippen LogP contribution in [0.3, 0.4) is 0 Å². The largest absolute Gasteiger partial charge is 0.350 e. The summed E-state index contributed by atoms with van der Waals surface area (Å²) in [6, 6.07) is 11.2. The van der Waals surface area contributed by atoms with Crippen molar-refractivity contribution in [2.24, 2.45) is 5.89 Å². The molecule has 0 bridgehead atoms. The van der Waals surface area contributed by atoms with Crippen LogP contribution in [0.2, 0.25) is 0 Å². The van der Waals surface area contributed by atoms with Gasteiger partial charge in [0.05, 0.1) is 5.54 Å². The van der Waals surface area contributed by atoms with Crippen molar-refractivity contribution in [1.29, 1.82) is 0 Å². The van der Waals surface area contributed by atoms with Gasteiger partial charge in [-0.05, 0) is 54.7 Å². The van der Waals surface area contributed by atoms with E-state index in [0.717, 1.165) is 6.92 Å². The molecule has 1 fully saturated rings. The standard InChI is InChI=1S/C20H21F2NO/c1-14(24)23-20(17-10-11-17,12-15-6-2-4-8-18(15)21)13-16-7-3-5-9-19(16)22/h2-9,17H,10-13H2,1H3,(H,23,24)/i10D2,11D2,17D. The predicted molar refractivity (Wildman–Crippen MR) is 89.5 cm³/mol. The zero-order chi connectivity index (χ0) is 21.7. The average molecular weight is 334 g/mol. The molecular formula is C20H21F2NO. The van der Waals surface area contributed by atoms with Crippen molar-refractivity contribution in [3.05, 3.63) is 71.3 Å². The maximum absolute atomic E-state index is 14.4. The summed E-state index contributed by atoms with van der Waals surface area (Å²) in [6.07, 6.45) is -6.04. The summed E-state index contributed by atoms with van der Waals surface area (Å²) < 4.78 is 70.1. The molecule has 0 unspecified atom stereocenters. The molecule has 4 heteroatoms. The minimum absolute atomic E-state index is 0.0720. The molecule has 0 spiro atoms. The molecule has 0 saturated heterocycles. The Hall–Kier alpha value is -2.23. The van der Waals surface area contributed by atoms with Gasteiger partial charge in [-0.2, -0.15) is 0 Å². The third-order valence-electron chi connectivity index (χ3n) is 4.04. The fourth-order valence-corrected chi connectivity index (χ4v) is 2.93. The molecule has 2 nitrogen and oxygen atoms in total. The van der Waals surface area contributed by atoms with E-state index in [2.05, 4.69) is 5.32 Å². The third-order valence-corrected chi connectivity index (χ3v) is 4.04. The zero-order valence-corrected chi connectivity index (χ0v) is 13.2. The normalized spacial score (nSPS) is 23.0. The second-order valence-electron chi connectivity index (χ2n) is 5.92. The van der Waals surface area contributed by atoms with E-state index in [9.17, 15) is 13.6 Å². The minimum Gasteiger partial charge on any atom is -0.350 e. The third kappa shape index (κ3) is 3.64. The summed E-state index contributed by atoms with van der Waals surface area (Å²) in [5, 5.41) is 2.52. The Morgan fingerprint density at radius 2 is 1.58 bits per heavy atom.